The number of nitrogens with zero attached hydrogens (tertiary/aromatic N) is 2. The molecule has 0 bridgehead atoms. The van der Waals surface area contributed by atoms with Gasteiger partial charge in [0.2, 0.25) is 0 Å². The molecule has 0 aliphatic carbocycles. The highest BCUT2D eigenvalue weighted by Gasteiger charge is 2.29. The molecule has 1 aliphatic rings. The summed E-state index contributed by atoms with van der Waals surface area (Å²) in [6, 6.07) is 6.83. The van der Waals surface area contributed by atoms with Crippen LogP contribution in [0.1, 0.15) is 82.5 Å². The van der Waals surface area contributed by atoms with E-state index in [0.717, 1.165) is 61.0 Å². The maximum atomic E-state index is 12.8. The van der Waals surface area contributed by atoms with Crippen molar-refractivity contribution in [1.29, 1.82) is 0 Å². The molecule has 2 unspecified atom stereocenters. The first-order chi connectivity index (χ1) is 18.0. The topological polar surface area (TPSA) is 90.3 Å². The third-order valence-electron chi connectivity index (χ3n) is 7.42. The molecule has 1 heterocycles. The molecule has 7 heteroatoms. The molecule has 0 saturated carbocycles. The number of aromatic carboxylic acids is 2. The molecule has 0 spiro atoms. The predicted molar refractivity (Wildman–Crippen MR) is 151 cm³/mol. The van der Waals surface area contributed by atoms with Crippen molar-refractivity contribution in [2.45, 2.75) is 58.8 Å². The third-order valence-corrected chi connectivity index (χ3v) is 7.42. The molecule has 0 radical (unpaired) electrons. The molecule has 0 saturated heterocycles. The zero-order valence-electron chi connectivity index (χ0n) is 23.8. The molecule has 2 aromatic carbocycles. The fraction of sp³-hybridized carbons (Fsp3) is 0.548. The van der Waals surface area contributed by atoms with Gasteiger partial charge < -0.3 is 24.7 Å². The summed E-state index contributed by atoms with van der Waals surface area (Å²) in [7, 11) is 8.26. The van der Waals surface area contributed by atoms with Crippen LogP contribution in [0.4, 0.5) is 0 Å². The van der Waals surface area contributed by atoms with E-state index >= 15 is 0 Å². The van der Waals surface area contributed by atoms with Crippen LogP contribution < -0.4 is 4.74 Å². The van der Waals surface area contributed by atoms with Crippen molar-refractivity contribution in [1.82, 2.24) is 9.80 Å². The second-order valence-electron chi connectivity index (χ2n) is 11.6. The second-order valence-corrected chi connectivity index (χ2v) is 11.6. The SMILES string of the molecule is CC(CCCN(C)C)Cc1cc2c(c(CC(C)CCCN(C)C)c1C(=O)O)Cc1cc(C(=O)O)ccc1O2. The lowest BCUT2D eigenvalue weighted by molar-refractivity contribution is 0.0684. The van der Waals surface area contributed by atoms with Crippen molar-refractivity contribution in [2.75, 3.05) is 41.3 Å². The molecule has 2 aromatic rings. The van der Waals surface area contributed by atoms with Gasteiger partial charge in [0.05, 0.1) is 11.1 Å². The fourth-order valence-electron chi connectivity index (χ4n) is 5.45. The summed E-state index contributed by atoms with van der Waals surface area (Å²) < 4.78 is 6.32. The number of hydrogen-bond acceptors (Lipinski definition) is 5. The van der Waals surface area contributed by atoms with E-state index in [-0.39, 0.29) is 5.56 Å². The van der Waals surface area contributed by atoms with E-state index in [1.54, 1.807) is 18.2 Å². The van der Waals surface area contributed by atoms with Crippen LogP contribution in [0.3, 0.4) is 0 Å². The summed E-state index contributed by atoms with van der Waals surface area (Å²) in [5, 5.41) is 19.9. The van der Waals surface area contributed by atoms with E-state index in [9.17, 15) is 19.8 Å². The summed E-state index contributed by atoms with van der Waals surface area (Å²) in [6.45, 7) is 6.37. The Kier molecular flexibility index (Phi) is 10.3. The minimum Gasteiger partial charge on any atom is -0.478 e. The highest BCUT2D eigenvalue weighted by molar-refractivity contribution is 5.93. The third kappa shape index (κ3) is 7.81. The second kappa shape index (κ2) is 13.3. The van der Waals surface area contributed by atoms with Gasteiger partial charge in [0, 0.05) is 17.5 Å². The maximum Gasteiger partial charge on any atom is 0.336 e. The zero-order chi connectivity index (χ0) is 28.0. The molecule has 3 rings (SSSR count). The number of carboxylic acid groups (broad SMARTS) is 2. The van der Waals surface area contributed by atoms with Crippen LogP contribution in [0, 0.1) is 11.8 Å². The number of carbonyl (C=O) groups is 2. The first kappa shape index (κ1) is 29.7. The molecule has 1 aliphatic heterocycles. The van der Waals surface area contributed by atoms with Gasteiger partial charge in [-0.05, 0) is 127 Å². The van der Waals surface area contributed by atoms with Crippen LogP contribution in [0.5, 0.6) is 11.5 Å². The van der Waals surface area contributed by atoms with Gasteiger partial charge in [0.15, 0.2) is 0 Å². The number of benzene rings is 2. The lowest BCUT2D eigenvalue weighted by atomic mass is 9.82. The normalized spacial score (nSPS) is 14.1. The van der Waals surface area contributed by atoms with Crippen molar-refractivity contribution in [3.8, 4) is 11.5 Å². The lowest BCUT2D eigenvalue weighted by Crippen LogP contribution is -2.19. The van der Waals surface area contributed by atoms with Gasteiger partial charge in [-0.2, -0.15) is 0 Å². The smallest absolute Gasteiger partial charge is 0.336 e. The van der Waals surface area contributed by atoms with E-state index in [1.807, 2.05) is 6.07 Å². The number of ether oxygens (including phenoxy) is 1. The van der Waals surface area contributed by atoms with E-state index in [4.69, 9.17) is 4.74 Å². The van der Waals surface area contributed by atoms with Crippen LogP contribution in [-0.4, -0.2) is 73.2 Å². The van der Waals surface area contributed by atoms with Crippen LogP contribution in [0.2, 0.25) is 0 Å². The number of carboxylic acids is 2. The van der Waals surface area contributed by atoms with Crippen LogP contribution in [-0.2, 0) is 19.3 Å². The summed E-state index contributed by atoms with van der Waals surface area (Å²) in [6.07, 6.45) is 5.92. The Morgan fingerprint density at radius 1 is 0.868 bits per heavy atom. The monoisotopic (exact) mass is 524 g/mol. The van der Waals surface area contributed by atoms with Gasteiger partial charge in [0.1, 0.15) is 11.5 Å². The molecule has 208 valence electrons. The molecular formula is C31H44N2O5. The van der Waals surface area contributed by atoms with Gasteiger partial charge in [0.25, 0.3) is 0 Å². The molecular weight excluding hydrogens is 480 g/mol. The van der Waals surface area contributed by atoms with Gasteiger partial charge in [-0.25, -0.2) is 9.59 Å². The largest absolute Gasteiger partial charge is 0.478 e. The maximum absolute atomic E-state index is 12.8. The van der Waals surface area contributed by atoms with Gasteiger partial charge in [-0.15, -0.1) is 0 Å². The van der Waals surface area contributed by atoms with Gasteiger partial charge in [-0.1, -0.05) is 13.8 Å². The molecule has 0 aromatic heterocycles. The Morgan fingerprint density at radius 3 is 2.03 bits per heavy atom. The molecule has 2 atom stereocenters. The number of hydrogen-bond donors (Lipinski definition) is 2. The van der Waals surface area contributed by atoms with Crippen molar-refractivity contribution in [3.63, 3.8) is 0 Å². The quantitative estimate of drug-likeness (QED) is 0.275. The average Bonchev–Trinajstić information content (AvgIpc) is 2.81. The first-order valence-corrected chi connectivity index (χ1v) is 13.7. The summed E-state index contributed by atoms with van der Waals surface area (Å²) >= 11 is 0. The van der Waals surface area contributed by atoms with Crippen LogP contribution in [0.25, 0.3) is 0 Å². The van der Waals surface area contributed by atoms with E-state index in [0.29, 0.717) is 48.2 Å². The number of rotatable bonds is 14. The highest BCUT2D eigenvalue weighted by atomic mass is 16.5. The molecule has 0 fully saturated rings. The fourth-order valence-corrected chi connectivity index (χ4v) is 5.45. The predicted octanol–water partition coefficient (Wildman–Crippen LogP) is 5.82. The Balaban J connectivity index is 2.00. The van der Waals surface area contributed by atoms with Gasteiger partial charge >= 0.3 is 11.9 Å². The Bertz CT molecular complexity index is 1140. The molecule has 2 N–H and O–H groups in total. The highest BCUT2D eigenvalue weighted by Crippen LogP contribution is 2.42. The van der Waals surface area contributed by atoms with Gasteiger partial charge in [-0.3, -0.25) is 0 Å². The summed E-state index contributed by atoms with van der Waals surface area (Å²) in [4.78, 5) is 28.7. The minimum absolute atomic E-state index is 0.205. The van der Waals surface area contributed by atoms with Crippen molar-refractivity contribution < 1.29 is 24.5 Å². The van der Waals surface area contributed by atoms with Crippen molar-refractivity contribution >= 4 is 11.9 Å². The van der Waals surface area contributed by atoms with E-state index < -0.39 is 11.9 Å². The Hall–Kier alpha value is -2.90. The standard InChI is InChI=1S/C31H44N2O5/c1-20(9-7-13-32(3)4)15-24-19-28-25(18-23-17-22(30(34)35)11-12-27(23)38-28)26(29(24)31(36)37)16-21(2)10-8-14-33(5)6/h11-12,17,19-21H,7-10,13-16,18H2,1-6H3,(H,34,35)(H,36,37). The Labute approximate surface area is 227 Å². The molecule has 7 nitrogen and oxygen atoms in total. The van der Waals surface area contributed by atoms with Crippen molar-refractivity contribution in [3.05, 3.63) is 57.6 Å². The lowest BCUT2D eigenvalue weighted by Gasteiger charge is -2.28. The zero-order valence-corrected chi connectivity index (χ0v) is 23.8. The summed E-state index contributed by atoms with van der Waals surface area (Å²) in [5.41, 5.74) is 3.94. The first-order valence-electron chi connectivity index (χ1n) is 13.7. The van der Waals surface area contributed by atoms with E-state index in [1.165, 1.54) is 0 Å². The van der Waals surface area contributed by atoms with Crippen LogP contribution >= 0.6 is 0 Å². The Morgan fingerprint density at radius 2 is 1.47 bits per heavy atom. The number of fused-ring (bicyclic) bond motifs is 2. The summed E-state index contributed by atoms with van der Waals surface area (Å²) in [5.74, 6) is 0.0984. The van der Waals surface area contributed by atoms with E-state index in [2.05, 4.69) is 51.8 Å². The molecule has 0 amide bonds. The van der Waals surface area contributed by atoms with Crippen LogP contribution in [0.15, 0.2) is 24.3 Å². The van der Waals surface area contributed by atoms with Crippen molar-refractivity contribution in [2.24, 2.45) is 11.8 Å². The average molecular weight is 525 g/mol. The molecule has 38 heavy (non-hydrogen) atoms. The minimum atomic E-state index is -0.988.